The molecule has 0 N–H and O–H groups in total. The van der Waals surface area contributed by atoms with E-state index in [-0.39, 0.29) is 12.8 Å². The maximum absolute atomic E-state index is 12.9. The Kier molecular flexibility index (Phi) is 7.07. The number of nitrogens with zero attached hydrogens (tertiary/aromatic N) is 1. The summed E-state index contributed by atoms with van der Waals surface area (Å²) in [6, 6.07) is 0. The highest BCUT2D eigenvalue weighted by molar-refractivity contribution is 4.75. The van der Waals surface area contributed by atoms with Crippen LogP contribution in [0.25, 0.3) is 0 Å². The van der Waals surface area contributed by atoms with Gasteiger partial charge in [-0.2, -0.15) is 0 Å². The summed E-state index contributed by atoms with van der Waals surface area (Å²) in [5, 5.41) is 0. The standard InChI is InChI=1S/C10H19F2N.C2H6/c1-9(2)8-13-6-3-4-10(11,12)5-7-13;1-2/h9H,3-8H2,1-2H3;1-2H3. The minimum Gasteiger partial charge on any atom is -0.303 e. The SMILES string of the molecule is CC.CC(C)CN1CCCC(F)(F)CC1. The summed E-state index contributed by atoms with van der Waals surface area (Å²) in [6.07, 6.45) is 0.751. The third kappa shape index (κ3) is 6.82. The summed E-state index contributed by atoms with van der Waals surface area (Å²) < 4.78 is 25.9. The summed E-state index contributed by atoms with van der Waals surface area (Å²) in [4.78, 5) is 2.16. The van der Waals surface area contributed by atoms with Crippen molar-refractivity contribution >= 4 is 0 Å². The minimum atomic E-state index is -2.41. The highest BCUT2D eigenvalue weighted by Gasteiger charge is 2.31. The third-order valence-corrected chi connectivity index (χ3v) is 2.43. The van der Waals surface area contributed by atoms with E-state index in [1.807, 2.05) is 13.8 Å². The Morgan fingerprint density at radius 3 is 2.27 bits per heavy atom. The molecule has 1 saturated heterocycles. The Morgan fingerprint density at radius 1 is 1.13 bits per heavy atom. The van der Waals surface area contributed by atoms with Gasteiger partial charge in [0.15, 0.2) is 0 Å². The fourth-order valence-corrected chi connectivity index (χ4v) is 1.82. The minimum absolute atomic E-state index is 0.0414. The molecule has 1 fully saturated rings. The van der Waals surface area contributed by atoms with Gasteiger partial charge in [-0.15, -0.1) is 0 Å². The Labute approximate surface area is 92.8 Å². The zero-order chi connectivity index (χ0) is 11.9. The lowest BCUT2D eigenvalue weighted by molar-refractivity contribution is -0.0132. The molecule has 0 atom stereocenters. The molecule has 1 nitrogen and oxygen atoms in total. The third-order valence-electron chi connectivity index (χ3n) is 2.43. The van der Waals surface area contributed by atoms with Crippen LogP contribution in [0.2, 0.25) is 0 Å². The molecule has 0 aliphatic carbocycles. The quantitative estimate of drug-likeness (QED) is 0.685. The molecule has 0 bridgehead atoms. The average Bonchev–Trinajstić information content (AvgIpc) is 2.31. The van der Waals surface area contributed by atoms with E-state index in [2.05, 4.69) is 18.7 Å². The zero-order valence-corrected chi connectivity index (χ0v) is 10.5. The van der Waals surface area contributed by atoms with Crippen LogP contribution in [0.15, 0.2) is 0 Å². The van der Waals surface area contributed by atoms with Gasteiger partial charge < -0.3 is 4.90 Å². The van der Waals surface area contributed by atoms with E-state index in [4.69, 9.17) is 0 Å². The van der Waals surface area contributed by atoms with E-state index >= 15 is 0 Å². The Balaban J connectivity index is 0.000000921. The van der Waals surface area contributed by atoms with E-state index in [1.54, 1.807) is 0 Å². The molecule has 0 amide bonds. The Morgan fingerprint density at radius 2 is 1.73 bits per heavy atom. The number of alkyl halides is 2. The summed E-state index contributed by atoms with van der Waals surface area (Å²) >= 11 is 0. The lowest BCUT2D eigenvalue weighted by Crippen LogP contribution is -2.29. The number of hydrogen-bond acceptors (Lipinski definition) is 1. The molecule has 0 radical (unpaired) electrons. The summed E-state index contributed by atoms with van der Waals surface area (Å²) in [6.45, 7) is 10.6. The van der Waals surface area contributed by atoms with Crippen LogP contribution < -0.4 is 0 Å². The van der Waals surface area contributed by atoms with E-state index in [9.17, 15) is 8.78 Å². The lowest BCUT2D eigenvalue weighted by Gasteiger charge is -2.21. The number of halogens is 2. The van der Waals surface area contributed by atoms with Gasteiger partial charge in [0.1, 0.15) is 0 Å². The van der Waals surface area contributed by atoms with Crippen LogP contribution in [-0.4, -0.2) is 30.5 Å². The van der Waals surface area contributed by atoms with Gasteiger partial charge in [0.05, 0.1) is 0 Å². The van der Waals surface area contributed by atoms with E-state index < -0.39 is 5.92 Å². The largest absolute Gasteiger partial charge is 0.303 e. The molecule has 0 aromatic carbocycles. The van der Waals surface area contributed by atoms with E-state index in [1.165, 1.54) is 0 Å². The van der Waals surface area contributed by atoms with Gasteiger partial charge in [0.2, 0.25) is 5.92 Å². The molecule has 3 heteroatoms. The summed E-state index contributed by atoms with van der Waals surface area (Å²) in [5.41, 5.74) is 0. The second-order valence-electron chi connectivity index (χ2n) is 4.40. The van der Waals surface area contributed by atoms with E-state index in [0.717, 1.165) is 13.1 Å². The van der Waals surface area contributed by atoms with Gasteiger partial charge in [-0.3, -0.25) is 0 Å². The zero-order valence-electron chi connectivity index (χ0n) is 10.5. The molecular formula is C12H25F2N. The molecule has 1 rings (SSSR count). The van der Waals surface area contributed by atoms with Crippen molar-refractivity contribution in [1.29, 1.82) is 0 Å². The van der Waals surface area contributed by atoms with Crippen molar-refractivity contribution in [3.8, 4) is 0 Å². The maximum atomic E-state index is 12.9. The van der Waals surface area contributed by atoms with Crippen molar-refractivity contribution in [2.24, 2.45) is 5.92 Å². The second kappa shape index (κ2) is 7.15. The molecule has 0 aromatic heterocycles. The normalized spacial score (nSPS) is 21.8. The molecule has 15 heavy (non-hydrogen) atoms. The lowest BCUT2D eigenvalue weighted by atomic mass is 10.1. The predicted molar refractivity (Wildman–Crippen MR) is 61.4 cm³/mol. The summed E-state index contributed by atoms with van der Waals surface area (Å²) in [5.74, 6) is -1.84. The first kappa shape index (κ1) is 14.8. The van der Waals surface area contributed by atoms with Gasteiger partial charge in [0.25, 0.3) is 0 Å². The van der Waals surface area contributed by atoms with Gasteiger partial charge in [-0.25, -0.2) is 8.78 Å². The summed E-state index contributed by atoms with van der Waals surface area (Å²) in [7, 11) is 0. The molecular weight excluding hydrogens is 196 g/mol. The maximum Gasteiger partial charge on any atom is 0.249 e. The van der Waals surface area contributed by atoms with Crippen LogP contribution in [0.1, 0.15) is 47.0 Å². The van der Waals surface area contributed by atoms with Crippen LogP contribution in [0.4, 0.5) is 8.78 Å². The molecule has 0 aromatic rings. The van der Waals surface area contributed by atoms with Crippen LogP contribution in [0.5, 0.6) is 0 Å². The first-order valence-electron chi connectivity index (χ1n) is 6.10. The smallest absolute Gasteiger partial charge is 0.249 e. The van der Waals surface area contributed by atoms with Crippen LogP contribution in [-0.2, 0) is 0 Å². The van der Waals surface area contributed by atoms with Crippen LogP contribution in [0.3, 0.4) is 0 Å². The highest BCUT2D eigenvalue weighted by atomic mass is 19.3. The van der Waals surface area contributed by atoms with Crippen molar-refractivity contribution < 1.29 is 8.78 Å². The number of hydrogen-bond donors (Lipinski definition) is 0. The average molecular weight is 221 g/mol. The van der Waals surface area contributed by atoms with Crippen molar-refractivity contribution in [2.75, 3.05) is 19.6 Å². The fraction of sp³-hybridized carbons (Fsp3) is 1.00. The number of rotatable bonds is 2. The van der Waals surface area contributed by atoms with Crippen molar-refractivity contribution in [3.63, 3.8) is 0 Å². The Bertz CT molecular complexity index is 158. The van der Waals surface area contributed by atoms with Gasteiger partial charge in [-0.1, -0.05) is 27.7 Å². The highest BCUT2D eigenvalue weighted by Crippen LogP contribution is 2.27. The fourth-order valence-electron chi connectivity index (χ4n) is 1.82. The van der Waals surface area contributed by atoms with Crippen molar-refractivity contribution in [3.05, 3.63) is 0 Å². The Hall–Kier alpha value is -0.180. The monoisotopic (exact) mass is 221 g/mol. The van der Waals surface area contributed by atoms with E-state index in [0.29, 0.717) is 18.9 Å². The van der Waals surface area contributed by atoms with Crippen LogP contribution in [0, 0.1) is 5.92 Å². The molecule has 1 aliphatic heterocycles. The van der Waals surface area contributed by atoms with Gasteiger partial charge in [-0.05, 0) is 18.9 Å². The topological polar surface area (TPSA) is 3.24 Å². The van der Waals surface area contributed by atoms with Gasteiger partial charge >= 0.3 is 0 Å². The molecule has 1 heterocycles. The molecule has 0 saturated carbocycles. The molecule has 0 unspecified atom stereocenters. The second-order valence-corrected chi connectivity index (χ2v) is 4.40. The first-order chi connectivity index (χ1) is 6.99. The molecule has 1 aliphatic rings. The van der Waals surface area contributed by atoms with Gasteiger partial charge in [0, 0.05) is 25.9 Å². The molecule has 92 valence electrons. The van der Waals surface area contributed by atoms with Crippen molar-refractivity contribution in [2.45, 2.75) is 52.9 Å². The van der Waals surface area contributed by atoms with Crippen molar-refractivity contribution in [1.82, 2.24) is 4.90 Å². The predicted octanol–water partition coefficient (Wildman–Crippen LogP) is 3.79. The van der Waals surface area contributed by atoms with Crippen LogP contribution >= 0.6 is 0 Å². The first-order valence-corrected chi connectivity index (χ1v) is 6.10. The molecule has 0 spiro atoms. The number of likely N-dealkylation sites (tertiary alicyclic amines) is 1.